The van der Waals surface area contributed by atoms with Gasteiger partial charge in [-0.3, -0.25) is 0 Å². The molecule has 0 aliphatic rings. The minimum atomic E-state index is 1.25. The highest BCUT2D eigenvalue weighted by Gasteiger charge is 2.02. The Hall–Kier alpha value is -0.0400. The fourth-order valence-corrected chi connectivity index (χ4v) is 14.2. The van der Waals surface area contributed by atoms with Crippen molar-refractivity contribution in [2.45, 2.75) is 528 Å². The Morgan fingerprint density at radius 1 is 0.0941 bits per heavy atom. The standard InChI is InChI=1S/C84H171N/c1-3-5-7-9-11-13-15-17-19-21-23-25-27-29-31-33-35-37-39-41-43-45-47-49-51-53-55-57-59-61-63-65-67-69-71-73-75-77-79-81-83-85-84-82-80-78-76-74-72-70-68-66-64-62-60-58-56-54-52-50-48-46-44-42-40-38-36-34-32-30-28-26-24-22-20-18-16-14-12-10-8-6-4-2/h85H,3-84H2,1-2H3. The molecule has 0 saturated heterocycles. The predicted molar refractivity (Wildman–Crippen MR) is 394 cm³/mol. The van der Waals surface area contributed by atoms with Crippen LogP contribution in [-0.2, 0) is 0 Å². The van der Waals surface area contributed by atoms with Gasteiger partial charge < -0.3 is 5.32 Å². The zero-order valence-electron chi connectivity index (χ0n) is 60.5. The number of nitrogens with one attached hydrogen (secondary N) is 1. The molecule has 0 heterocycles. The summed E-state index contributed by atoms with van der Waals surface area (Å²) in [6.07, 6.45) is 119. The van der Waals surface area contributed by atoms with Gasteiger partial charge in [-0.2, -0.15) is 0 Å². The first kappa shape index (κ1) is 85.0. The molecule has 0 bridgehead atoms. The van der Waals surface area contributed by atoms with Crippen LogP contribution in [0.5, 0.6) is 0 Å². The van der Waals surface area contributed by atoms with Crippen molar-refractivity contribution in [3.05, 3.63) is 0 Å². The molecule has 0 aromatic rings. The van der Waals surface area contributed by atoms with Crippen LogP contribution in [0.4, 0.5) is 0 Å². The van der Waals surface area contributed by atoms with Gasteiger partial charge in [0.05, 0.1) is 0 Å². The lowest BCUT2D eigenvalue weighted by atomic mass is 10.0. The largest absolute Gasteiger partial charge is 0.317 e. The minimum Gasteiger partial charge on any atom is -0.317 e. The third kappa shape index (κ3) is 84.0. The topological polar surface area (TPSA) is 12.0 Å². The molecule has 1 N–H and O–H groups in total. The van der Waals surface area contributed by atoms with Gasteiger partial charge in [-0.1, -0.05) is 515 Å². The van der Waals surface area contributed by atoms with Crippen molar-refractivity contribution in [1.29, 1.82) is 0 Å². The zero-order chi connectivity index (χ0) is 60.7. The summed E-state index contributed by atoms with van der Waals surface area (Å²) in [6, 6.07) is 0. The number of rotatable bonds is 82. The van der Waals surface area contributed by atoms with Crippen LogP contribution in [0.2, 0.25) is 0 Å². The molecule has 0 aromatic carbocycles. The molecule has 85 heavy (non-hydrogen) atoms. The summed E-state index contributed by atoms with van der Waals surface area (Å²) in [4.78, 5) is 0. The number of hydrogen-bond acceptors (Lipinski definition) is 1. The molecule has 0 rings (SSSR count). The molecule has 1 heteroatoms. The summed E-state index contributed by atoms with van der Waals surface area (Å²) in [5, 5.41) is 3.74. The van der Waals surface area contributed by atoms with Gasteiger partial charge in [0.25, 0.3) is 0 Å². The first-order valence-electron chi connectivity index (χ1n) is 42.1. The second kappa shape index (κ2) is 84.0. The third-order valence-corrected chi connectivity index (χ3v) is 20.4. The summed E-state index contributed by atoms with van der Waals surface area (Å²) < 4.78 is 0. The van der Waals surface area contributed by atoms with Gasteiger partial charge in [0, 0.05) is 0 Å². The van der Waals surface area contributed by atoms with E-state index in [1.807, 2.05) is 0 Å². The van der Waals surface area contributed by atoms with Crippen LogP contribution in [0.3, 0.4) is 0 Å². The van der Waals surface area contributed by atoms with Crippen molar-refractivity contribution < 1.29 is 0 Å². The van der Waals surface area contributed by atoms with Crippen LogP contribution in [0.25, 0.3) is 0 Å². The lowest BCUT2D eigenvalue weighted by Gasteiger charge is -2.06. The van der Waals surface area contributed by atoms with E-state index in [0.717, 1.165) is 0 Å². The Morgan fingerprint density at radius 3 is 0.247 bits per heavy atom. The summed E-state index contributed by atoms with van der Waals surface area (Å²) in [7, 11) is 0. The SMILES string of the molecule is CCCCCCCCCCCCCCCCCCCCCCCCCCCCCCCCCCCCCCCCCCNCCCCCCCCCCCCCCCCCCCCCCCCCCCCCCCCCCCCCCCCCC. The molecule has 0 saturated carbocycles. The number of unbranched alkanes of at least 4 members (excludes halogenated alkanes) is 78. The van der Waals surface area contributed by atoms with Crippen molar-refractivity contribution in [2.75, 3.05) is 13.1 Å². The van der Waals surface area contributed by atoms with Crippen LogP contribution >= 0.6 is 0 Å². The van der Waals surface area contributed by atoms with Gasteiger partial charge in [0.15, 0.2) is 0 Å². The maximum atomic E-state index is 3.74. The Kier molecular flexibility index (Phi) is 83.9. The molecule has 0 aliphatic carbocycles. The summed E-state index contributed by atoms with van der Waals surface area (Å²) in [5.41, 5.74) is 0. The van der Waals surface area contributed by atoms with E-state index in [2.05, 4.69) is 19.2 Å². The molecule has 0 aliphatic heterocycles. The van der Waals surface area contributed by atoms with Gasteiger partial charge in [0.2, 0.25) is 0 Å². The van der Waals surface area contributed by atoms with Gasteiger partial charge in [-0.05, 0) is 25.9 Å². The van der Waals surface area contributed by atoms with Crippen LogP contribution in [-0.4, -0.2) is 13.1 Å². The Morgan fingerprint density at radius 2 is 0.165 bits per heavy atom. The Labute approximate surface area is 543 Å². The molecule has 0 radical (unpaired) electrons. The fraction of sp³-hybridized carbons (Fsp3) is 1.00. The van der Waals surface area contributed by atoms with Gasteiger partial charge in [-0.25, -0.2) is 0 Å². The van der Waals surface area contributed by atoms with Crippen LogP contribution in [0.15, 0.2) is 0 Å². The van der Waals surface area contributed by atoms with Gasteiger partial charge in [0.1, 0.15) is 0 Å². The van der Waals surface area contributed by atoms with Crippen molar-refractivity contribution in [3.8, 4) is 0 Å². The van der Waals surface area contributed by atoms with E-state index in [9.17, 15) is 0 Å². The molecule has 1 nitrogen and oxygen atoms in total. The fourth-order valence-electron chi connectivity index (χ4n) is 14.2. The van der Waals surface area contributed by atoms with Crippen LogP contribution in [0, 0.1) is 0 Å². The lowest BCUT2D eigenvalue weighted by molar-refractivity contribution is 0.507. The highest BCUT2D eigenvalue weighted by atomic mass is 14.8. The molecule has 0 atom stereocenters. The molecule has 0 unspecified atom stereocenters. The monoisotopic (exact) mass is 1190 g/mol. The zero-order valence-corrected chi connectivity index (χ0v) is 60.5. The maximum absolute atomic E-state index is 3.74. The molecular weight excluding hydrogens is 1020 g/mol. The minimum absolute atomic E-state index is 1.25. The average Bonchev–Trinajstić information content (AvgIpc) is 3.51. The normalized spacial score (nSPS) is 11.8. The van der Waals surface area contributed by atoms with E-state index in [1.165, 1.54) is 527 Å². The lowest BCUT2D eigenvalue weighted by Crippen LogP contribution is -2.16. The van der Waals surface area contributed by atoms with Gasteiger partial charge in [-0.15, -0.1) is 0 Å². The molecule has 0 fully saturated rings. The second-order valence-corrected chi connectivity index (χ2v) is 29.3. The van der Waals surface area contributed by atoms with E-state index in [1.54, 1.807) is 0 Å². The maximum Gasteiger partial charge on any atom is -0.00489 e. The van der Waals surface area contributed by atoms with Gasteiger partial charge >= 0.3 is 0 Å². The van der Waals surface area contributed by atoms with Crippen molar-refractivity contribution in [3.63, 3.8) is 0 Å². The summed E-state index contributed by atoms with van der Waals surface area (Å²) in [6.45, 7) is 7.13. The first-order valence-corrected chi connectivity index (χ1v) is 42.1. The molecule has 0 amide bonds. The van der Waals surface area contributed by atoms with E-state index >= 15 is 0 Å². The smallest absolute Gasteiger partial charge is 0.00489 e. The quantitative estimate of drug-likeness (QED) is 0.0599. The van der Waals surface area contributed by atoms with Crippen molar-refractivity contribution in [1.82, 2.24) is 5.32 Å². The molecule has 512 valence electrons. The predicted octanol–water partition coefficient (Wildman–Crippen LogP) is 31.8. The van der Waals surface area contributed by atoms with Crippen molar-refractivity contribution in [2.24, 2.45) is 0 Å². The third-order valence-electron chi connectivity index (χ3n) is 20.4. The average molecular weight is 1200 g/mol. The van der Waals surface area contributed by atoms with E-state index in [0.29, 0.717) is 0 Å². The first-order chi connectivity index (χ1) is 42.4. The number of hydrogen-bond donors (Lipinski definition) is 1. The van der Waals surface area contributed by atoms with Crippen LogP contribution < -0.4 is 5.32 Å². The van der Waals surface area contributed by atoms with E-state index < -0.39 is 0 Å². The summed E-state index contributed by atoms with van der Waals surface area (Å²) >= 11 is 0. The molecule has 0 aromatic heterocycles. The Balaban J connectivity index is 3.08. The molecular formula is C84H171N. The highest BCUT2D eigenvalue weighted by Crippen LogP contribution is 2.21. The summed E-state index contributed by atoms with van der Waals surface area (Å²) in [5.74, 6) is 0. The van der Waals surface area contributed by atoms with Crippen molar-refractivity contribution >= 4 is 0 Å². The highest BCUT2D eigenvalue weighted by molar-refractivity contribution is 4.58. The Bertz CT molecular complexity index is 984. The van der Waals surface area contributed by atoms with E-state index in [-0.39, 0.29) is 0 Å². The second-order valence-electron chi connectivity index (χ2n) is 29.3. The van der Waals surface area contributed by atoms with Crippen LogP contribution in [0.1, 0.15) is 528 Å². The molecule has 0 spiro atoms. The van der Waals surface area contributed by atoms with E-state index in [4.69, 9.17) is 0 Å².